The maximum atomic E-state index is 12.1. The van der Waals surface area contributed by atoms with Crippen LogP contribution >= 0.6 is 0 Å². The molecule has 26 heavy (non-hydrogen) atoms. The van der Waals surface area contributed by atoms with Crippen molar-refractivity contribution >= 4 is 23.2 Å². The predicted octanol–water partition coefficient (Wildman–Crippen LogP) is 2.11. The number of anilines is 2. The van der Waals surface area contributed by atoms with E-state index in [1.54, 1.807) is 24.3 Å². The quantitative estimate of drug-likeness (QED) is 0.780. The van der Waals surface area contributed by atoms with Gasteiger partial charge in [-0.05, 0) is 43.9 Å². The Balaban J connectivity index is 1.97. The Kier molecular flexibility index (Phi) is 6.74. The molecule has 0 aliphatic carbocycles. The molecule has 6 heteroatoms. The second-order valence-electron chi connectivity index (χ2n) is 6.50. The third kappa shape index (κ3) is 5.32. The number of likely N-dealkylation sites (N-methyl/N-ethyl adjacent to an activating group) is 1. The van der Waals surface area contributed by atoms with E-state index in [1.165, 1.54) is 0 Å². The summed E-state index contributed by atoms with van der Waals surface area (Å²) >= 11 is 0. The van der Waals surface area contributed by atoms with Gasteiger partial charge in [-0.1, -0.05) is 30.3 Å². The molecule has 0 saturated carbocycles. The molecule has 1 unspecified atom stereocenters. The van der Waals surface area contributed by atoms with Crippen LogP contribution in [0.1, 0.15) is 11.6 Å². The van der Waals surface area contributed by atoms with Gasteiger partial charge in [0, 0.05) is 32.0 Å². The normalized spacial score (nSPS) is 11.7. The van der Waals surface area contributed by atoms with Crippen LogP contribution in [0.2, 0.25) is 0 Å². The molecule has 0 aliphatic heterocycles. The summed E-state index contributed by atoms with van der Waals surface area (Å²) in [6.07, 6.45) is 0. The van der Waals surface area contributed by atoms with Crippen LogP contribution in [0.4, 0.5) is 11.4 Å². The van der Waals surface area contributed by atoms with Crippen molar-refractivity contribution in [3.63, 3.8) is 0 Å². The topological polar surface area (TPSA) is 64.7 Å². The fourth-order valence-corrected chi connectivity index (χ4v) is 2.57. The molecule has 1 atom stereocenters. The lowest BCUT2D eigenvalue weighted by molar-refractivity contribution is -0.136. The van der Waals surface area contributed by atoms with E-state index in [2.05, 4.69) is 10.6 Å². The molecule has 0 bridgehead atoms. The number of para-hydroxylation sites is 1. The smallest absolute Gasteiger partial charge is 0.313 e. The van der Waals surface area contributed by atoms with E-state index in [0.717, 1.165) is 11.3 Å². The predicted molar refractivity (Wildman–Crippen MR) is 105 cm³/mol. The minimum absolute atomic E-state index is 0.0281. The first-order valence-corrected chi connectivity index (χ1v) is 8.46. The van der Waals surface area contributed by atoms with Crippen LogP contribution in [0.5, 0.6) is 0 Å². The van der Waals surface area contributed by atoms with Crippen molar-refractivity contribution < 1.29 is 9.59 Å². The van der Waals surface area contributed by atoms with Crippen LogP contribution in [0, 0.1) is 0 Å². The summed E-state index contributed by atoms with van der Waals surface area (Å²) in [6, 6.07) is 17.0. The van der Waals surface area contributed by atoms with Gasteiger partial charge in [0.05, 0.1) is 6.04 Å². The van der Waals surface area contributed by atoms with Gasteiger partial charge in [-0.25, -0.2) is 0 Å². The van der Waals surface area contributed by atoms with Gasteiger partial charge >= 0.3 is 11.8 Å². The number of hydrogen-bond donors (Lipinski definition) is 2. The SMILES string of the molecule is CN(C)c1ccc(C(CNC(=O)C(=O)Nc2ccccc2)N(C)C)cc1. The van der Waals surface area contributed by atoms with E-state index in [1.807, 2.05) is 68.3 Å². The summed E-state index contributed by atoms with van der Waals surface area (Å²) in [6.45, 7) is 0.343. The first-order valence-electron chi connectivity index (χ1n) is 8.46. The van der Waals surface area contributed by atoms with Crippen LogP contribution in [0.3, 0.4) is 0 Å². The zero-order valence-electron chi connectivity index (χ0n) is 15.7. The Hall–Kier alpha value is -2.86. The van der Waals surface area contributed by atoms with Crippen LogP contribution in [0.15, 0.2) is 54.6 Å². The zero-order chi connectivity index (χ0) is 19.1. The van der Waals surface area contributed by atoms with E-state index in [0.29, 0.717) is 12.2 Å². The molecule has 2 rings (SSSR count). The number of rotatable bonds is 6. The minimum Gasteiger partial charge on any atom is -0.378 e. The maximum Gasteiger partial charge on any atom is 0.313 e. The molecule has 0 aromatic heterocycles. The van der Waals surface area contributed by atoms with Crippen molar-refractivity contribution in [2.45, 2.75) is 6.04 Å². The van der Waals surface area contributed by atoms with Gasteiger partial charge in [-0.15, -0.1) is 0 Å². The number of hydrogen-bond acceptors (Lipinski definition) is 4. The van der Waals surface area contributed by atoms with Gasteiger partial charge in [-0.2, -0.15) is 0 Å². The first kappa shape index (κ1) is 19.5. The van der Waals surface area contributed by atoms with E-state index in [9.17, 15) is 9.59 Å². The number of nitrogens with one attached hydrogen (secondary N) is 2. The fraction of sp³-hybridized carbons (Fsp3) is 0.300. The standard InChI is InChI=1S/C20H26N4O2/c1-23(2)17-12-10-15(11-13-17)18(24(3)4)14-21-19(25)20(26)22-16-8-6-5-7-9-16/h5-13,18H,14H2,1-4H3,(H,21,25)(H,22,26). The molecule has 0 fully saturated rings. The van der Waals surface area contributed by atoms with Crippen LogP contribution in [0.25, 0.3) is 0 Å². The van der Waals surface area contributed by atoms with Gasteiger partial charge in [-0.3, -0.25) is 9.59 Å². The highest BCUT2D eigenvalue weighted by atomic mass is 16.2. The van der Waals surface area contributed by atoms with Gasteiger partial charge in [0.15, 0.2) is 0 Å². The molecule has 6 nitrogen and oxygen atoms in total. The molecule has 2 aromatic carbocycles. The lowest BCUT2D eigenvalue weighted by atomic mass is 10.1. The lowest BCUT2D eigenvalue weighted by Crippen LogP contribution is -2.40. The number of carbonyl (C=O) groups excluding carboxylic acids is 2. The number of nitrogens with zero attached hydrogens (tertiary/aromatic N) is 2. The number of amides is 2. The zero-order valence-corrected chi connectivity index (χ0v) is 15.7. The van der Waals surface area contributed by atoms with E-state index in [-0.39, 0.29) is 6.04 Å². The highest BCUT2D eigenvalue weighted by molar-refractivity contribution is 6.39. The Labute approximate surface area is 154 Å². The second kappa shape index (κ2) is 9.01. The third-order valence-corrected chi connectivity index (χ3v) is 4.11. The second-order valence-corrected chi connectivity index (χ2v) is 6.50. The average Bonchev–Trinajstić information content (AvgIpc) is 2.62. The van der Waals surface area contributed by atoms with Gasteiger partial charge in [0.25, 0.3) is 0 Å². The molecule has 138 valence electrons. The first-order chi connectivity index (χ1) is 12.4. The Morgan fingerprint density at radius 3 is 2.04 bits per heavy atom. The largest absolute Gasteiger partial charge is 0.378 e. The molecular formula is C20H26N4O2. The summed E-state index contributed by atoms with van der Waals surface area (Å²) in [5.74, 6) is -1.32. The van der Waals surface area contributed by atoms with Crippen molar-refractivity contribution in [3.8, 4) is 0 Å². The molecule has 2 N–H and O–H groups in total. The van der Waals surface area contributed by atoms with E-state index < -0.39 is 11.8 Å². The Morgan fingerprint density at radius 1 is 0.885 bits per heavy atom. The van der Waals surface area contributed by atoms with Crippen molar-refractivity contribution in [1.82, 2.24) is 10.2 Å². The molecule has 0 aliphatic rings. The highest BCUT2D eigenvalue weighted by Gasteiger charge is 2.19. The molecule has 0 saturated heterocycles. The van der Waals surface area contributed by atoms with Crippen LogP contribution < -0.4 is 15.5 Å². The summed E-state index contributed by atoms with van der Waals surface area (Å²) in [5, 5.41) is 5.30. The van der Waals surface area contributed by atoms with E-state index >= 15 is 0 Å². The molecule has 2 aromatic rings. The number of carbonyl (C=O) groups is 2. The van der Waals surface area contributed by atoms with Crippen molar-refractivity contribution in [3.05, 3.63) is 60.2 Å². The van der Waals surface area contributed by atoms with Gasteiger partial charge in [0.2, 0.25) is 0 Å². The van der Waals surface area contributed by atoms with Crippen LogP contribution in [-0.4, -0.2) is 51.4 Å². The summed E-state index contributed by atoms with van der Waals surface area (Å²) in [5.41, 5.74) is 2.78. The van der Waals surface area contributed by atoms with Gasteiger partial charge in [0.1, 0.15) is 0 Å². The summed E-state index contributed by atoms with van der Waals surface area (Å²) < 4.78 is 0. The third-order valence-electron chi connectivity index (χ3n) is 4.11. The molecule has 0 heterocycles. The number of benzene rings is 2. The van der Waals surface area contributed by atoms with Crippen molar-refractivity contribution in [2.75, 3.05) is 45.0 Å². The Morgan fingerprint density at radius 2 is 1.50 bits per heavy atom. The summed E-state index contributed by atoms with van der Waals surface area (Å²) in [4.78, 5) is 28.2. The minimum atomic E-state index is -0.670. The molecule has 0 spiro atoms. The lowest BCUT2D eigenvalue weighted by Gasteiger charge is -2.25. The average molecular weight is 354 g/mol. The molecule has 2 amide bonds. The highest BCUT2D eigenvalue weighted by Crippen LogP contribution is 2.20. The maximum absolute atomic E-state index is 12.1. The summed E-state index contributed by atoms with van der Waals surface area (Å²) in [7, 11) is 7.87. The van der Waals surface area contributed by atoms with Crippen molar-refractivity contribution in [1.29, 1.82) is 0 Å². The van der Waals surface area contributed by atoms with Gasteiger partial charge < -0.3 is 20.4 Å². The van der Waals surface area contributed by atoms with Crippen LogP contribution in [-0.2, 0) is 9.59 Å². The molecule has 0 radical (unpaired) electrons. The van der Waals surface area contributed by atoms with E-state index in [4.69, 9.17) is 0 Å². The Bertz CT molecular complexity index is 727. The fourth-order valence-electron chi connectivity index (χ4n) is 2.57. The monoisotopic (exact) mass is 354 g/mol. The van der Waals surface area contributed by atoms with Crippen molar-refractivity contribution in [2.24, 2.45) is 0 Å². The molecular weight excluding hydrogens is 328 g/mol.